The third-order valence-corrected chi connectivity index (χ3v) is 3.45. The molecule has 1 saturated heterocycles. The van der Waals surface area contributed by atoms with E-state index in [-0.39, 0.29) is 12.1 Å². The molecule has 5 heteroatoms. The first-order chi connectivity index (χ1) is 6.15. The van der Waals surface area contributed by atoms with Gasteiger partial charge < -0.3 is 15.2 Å². The van der Waals surface area contributed by atoms with Gasteiger partial charge in [-0.15, -0.1) is 0 Å². The minimum Gasteiger partial charge on any atom is -0.437 e. The predicted octanol–water partition coefficient (Wildman–Crippen LogP) is -0.273. The van der Waals surface area contributed by atoms with Crippen molar-refractivity contribution in [1.29, 1.82) is 0 Å². The first-order valence-corrected chi connectivity index (χ1v) is 4.90. The van der Waals surface area contributed by atoms with Crippen LogP contribution in [0.3, 0.4) is 0 Å². The predicted molar refractivity (Wildman–Crippen MR) is 50.2 cm³/mol. The largest absolute Gasteiger partial charge is 0.437 e. The van der Waals surface area contributed by atoms with E-state index in [9.17, 15) is 9.41 Å². The second-order valence-electron chi connectivity index (χ2n) is 4.15. The van der Waals surface area contributed by atoms with Gasteiger partial charge in [0.1, 0.15) is 6.17 Å². The van der Waals surface area contributed by atoms with Crippen LogP contribution in [-0.4, -0.2) is 48.7 Å². The molecule has 0 aromatic rings. The van der Waals surface area contributed by atoms with Crippen LogP contribution in [-0.2, 0) is 0 Å². The summed E-state index contributed by atoms with van der Waals surface area (Å²) in [5.41, 5.74) is 0. The number of rotatable bonds is 2. The van der Waals surface area contributed by atoms with Crippen molar-refractivity contribution in [3.8, 4) is 0 Å². The average Bonchev–Trinajstić information content (AvgIpc) is 2.60. The molecule has 1 saturated carbocycles. The summed E-state index contributed by atoms with van der Waals surface area (Å²) < 4.78 is 13.7. The molecule has 2 bridgehead atoms. The highest BCUT2D eigenvalue weighted by Gasteiger charge is 2.53. The molecule has 2 rings (SSSR count). The standard InChI is InChI=1S/C8H16BFN2O/c1-9(13)12-4-5-3-6(12)7(10)8(5)11-2/h5-8,11,13H,3-4H2,1-2H3/t5?,6?,7-,8+/m1/s1. The second-order valence-corrected chi connectivity index (χ2v) is 4.15. The van der Waals surface area contributed by atoms with Gasteiger partial charge >= 0.3 is 7.05 Å². The van der Waals surface area contributed by atoms with Crippen molar-refractivity contribution in [2.45, 2.75) is 31.5 Å². The van der Waals surface area contributed by atoms with Crippen LogP contribution in [0.2, 0.25) is 6.82 Å². The van der Waals surface area contributed by atoms with Gasteiger partial charge in [0.2, 0.25) is 0 Å². The SMILES string of the molecule is CN[C@H]1C2CC([C@H]1F)N(B(C)O)C2. The highest BCUT2D eigenvalue weighted by molar-refractivity contribution is 6.45. The zero-order valence-electron chi connectivity index (χ0n) is 8.07. The summed E-state index contributed by atoms with van der Waals surface area (Å²) in [4.78, 5) is 1.86. The van der Waals surface area contributed by atoms with Gasteiger partial charge in [-0.25, -0.2) is 4.39 Å². The Morgan fingerprint density at radius 2 is 2.31 bits per heavy atom. The van der Waals surface area contributed by atoms with E-state index < -0.39 is 13.2 Å². The Balaban J connectivity index is 2.08. The Morgan fingerprint density at radius 3 is 2.77 bits per heavy atom. The first-order valence-electron chi connectivity index (χ1n) is 4.90. The van der Waals surface area contributed by atoms with Crippen molar-refractivity contribution in [2.75, 3.05) is 13.6 Å². The van der Waals surface area contributed by atoms with Crippen LogP contribution in [0.25, 0.3) is 0 Å². The smallest absolute Gasteiger partial charge is 0.376 e. The lowest BCUT2D eigenvalue weighted by Gasteiger charge is -2.34. The molecule has 0 aromatic carbocycles. The van der Waals surface area contributed by atoms with E-state index >= 15 is 0 Å². The number of nitrogens with zero attached hydrogens (tertiary/aromatic N) is 1. The van der Waals surface area contributed by atoms with Crippen LogP contribution in [0.4, 0.5) is 4.39 Å². The number of nitrogens with one attached hydrogen (secondary N) is 1. The lowest BCUT2D eigenvalue weighted by Crippen LogP contribution is -2.55. The zero-order chi connectivity index (χ0) is 9.59. The number of alkyl halides is 1. The molecule has 0 spiro atoms. The molecule has 2 aliphatic rings. The maximum atomic E-state index is 13.7. The monoisotopic (exact) mass is 186 g/mol. The fourth-order valence-electron chi connectivity index (χ4n) is 2.82. The fourth-order valence-corrected chi connectivity index (χ4v) is 2.82. The summed E-state index contributed by atoms with van der Waals surface area (Å²) in [6.45, 7) is 2.54. The van der Waals surface area contributed by atoms with Crippen molar-refractivity contribution in [2.24, 2.45) is 5.92 Å². The Bertz CT molecular complexity index is 203. The van der Waals surface area contributed by atoms with Crippen LogP contribution in [0.1, 0.15) is 6.42 Å². The molecular weight excluding hydrogens is 170 g/mol. The number of hydrogen-bond acceptors (Lipinski definition) is 3. The Kier molecular flexibility index (Phi) is 2.34. The third-order valence-electron chi connectivity index (χ3n) is 3.45. The molecule has 2 N–H and O–H groups in total. The Hall–Kier alpha value is -0.125. The van der Waals surface area contributed by atoms with E-state index in [1.807, 2.05) is 11.9 Å². The van der Waals surface area contributed by atoms with Crippen molar-refractivity contribution in [1.82, 2.24) is 10.1 Å². The molecule has 1 aliphatic carbocycles. The summed E-state index contributed by atoms with van der Waals surface area (Å²) in [5, 5.41) is 12.4. The van der Waals surface area contributed by atoms with E-state index in [0.717, 1.165) is 13.0 Å². The Labute approximate surface area is 78.4 Å². The second kappa shape index (κ2) is 3.22. The summed E-state index contributed by atoms with van der Waals surface area (Å²) in [6, 6.07) is -0.0672. The quantitative estimate of drug-likeness (QED) is 0.582. The highest BCUT2D eigenvalue weighted by Crippen LogP contribution is 2.39. The van der Waals surface area contributed by atoms with Crippen LogP contribution in [0, 0.1) is 5.92 Å². The molecule has 1 heterocycles. The molecule has 1 aliphatic heterocycles. The van der Waals surface area contributed by atoms with E-state index in [4.69, 9.17) is 0 Å². The van der Waals surface area contributed by atoms with Gasteiger partial charge in [0.25, 0.3) is 0 Å². The number of piperidine rings is 1. The van der Waals surface area contributed by atoms with Gasteiger partial charge in [0.05, 0.1) is 0 Å². The number of fused-ring (bicyclic) bond motifs is 2. The molecule has 13 heavy (non-hydrogen) atoms. The van der Waals surface area contributed by atoms with E-state index in [1.165, 1.54) is 0 Å². The van der Waals surface area contributed by atoms with E-state index in [1.54, 1.807) is 6.82 Å². The lowest BCUT2D eigenvalue weighted by molar-refractivity contribution is 0.138. The van der Waals surface area contributed by atoms with Gasteiger partial charge in [-0.2, -0.15) is 0 Å². The maximum absolute atomic E-state index is 13.7. The van der Waals surface area contributed by atoms with Crippen molar-refractivity contribution in [3.05, 3.63) is 0 Å². The maximum Gasteiger partial charge on any atom is 0.376 e. The number of halogens is 1. The first kappa shape index (κ1) is 9.43. The van der Waals surface area contributed by atoms with Crippen LogP contribution in [0.15, 0.2) is 0 Å². The van der Waals surface area contributed by atoms with Gasteiger partial charge in [0, 0.05) is 12.1 Å². The van der Waals surface area contributed by atoms with Crippen LogP contribution in [0.5, 0.6) is 0 Å². The van der Waals surface area contributed by atoms with Gasteiger partial charge in [-0.3, -0.25) is 0 Å². The lowest BCUT2D eigenvalue weighted by atomic mass is 9.82. The molecular formula is C8H16BFN2O. The minimum absolute atomic E-state index is 0.000000000000000222. The Morgan fingerprint density at radius 1 is 1.62 bits per heavy atom. The summed E-state index contributed by atoms with van der Waals surface area (Å²) >= 11 is 0. The number of hydrogen-bond donors (Lipinski definition) is 2. The van der Waals surface area contributed by atoms with Gasteiger partial charge in [0.15, 0.2) is 0 Å². The topological polar surface area (TPSA) is 35.5 Å². The molecule has 0 amide bonds. The molecule has 2 fully saturated rings. The third kappa shape index (κ3) is 1.30. The van der Waals surface area contributed by atoms with E-state index in [2.05, 4.69) is 5.32 Å². The normalized spacial score (nSPS) is 44.3. The zero-order valence-corrected chi connectivity index (χ0v) is 8.07. The summed E-state index contributed by atoms with van der Waals surface area (Å²) in [6.07, 6.45) is 0.0655. The van der Waals surface area contributed by atoms with E-state index in [0.29, 0.717) is 5.92 Å². The summed E-state index contributed by atoms with van der Waals surface area (Å²) in [5.74, 6) is 0.375. The molecule has 3 nitrogen and oxygen atoms in total. The summed E-state index contributed by atoms with van der Waals surface area (Å²) in [7, 11) is 1.30. The molecule has 2 unspecified atom stereocenters. The van der Waals surface area contributed by atoms with Crippen LogP contribution >= 0.6 is 0 Å². The molecule has 0 aromatic heterocycles. The molecule has 4 atom stereocenters. The van der Waals surface area contributed by atoms with Crippen molar-refractivity contribution in [3.63, 3.8) is 0 Å². The minimum atomic E-state index is -0.821. The molecule has 74 valence electrons. The van der Waals surface area contributed by atoms with Crippen molar-refractivity contribution < 1.29 is 9.41 Å². The van der Waals surface area contributed by atoms with Gasteiger partial charge in [-0.05, 0) is 32.8 Å². The van der Waals surface area contributed by atoms with Crippen LogP contribution < -0.4 is 5.32 Å². The highest BCUT2D eigenvalue weighted by atomic mass is 19.1. The average molecular weight is 186 g/mol. The van der Waals surface area contributed by atoms with Crippen molar-refractivity contribution >= 4 is 7.05 Å². The molecule has 0 radical (unpaired) electrons. The van der Waals surface area contributed by atoms with Gasteiger partial charge in [-0.1, -0.05) is 0 Å². The fraction of sp³-hybridized carbons (Fsp3) is 1.00.